The Kier molecular flexibility index (Phi) is 5.29. The molecule has 26 heavy (non-hydrogen) atoms. The number of aromatic nitrogens is 2. The maximum absolute atomic E-state index is 13.0. The number of nitrogens with one attached hydrogen (secondary N) is 1. The summed E-state index contributed by atoms with van der Waals surface area (Å²) in [5.41, 5.74) is 1.70. The fraction of sp³-hybridized carbons (Fsp3) is 0.789. The van der Waals surface area contributed by atoms with Gasteiger partial charge in [-0.25, -0.2) is 0 Å². The van der Waals surface area contributed by atoms with Crippen LogP contribution in [0.15, 0.2) is 6.07 Å². The lowest BCUT2D eigenvalue weighted by molar-refractivity contribution is 0.00597. The summed E-state index contributed by atoms with van der Waals surface area (Å²) in [5.74, 6) is 0.640. The van der Waals surface area contributed by atoms with Gasteiger partial charge in [0.1, 0.15) is 5.69 Å². The molecule has 1 aromatic heterocycles. The minimum absolute atomic E-state index is 0.0216. The third-order valence-electron chi connectivity index (χ3n) is 5.91. The third-order valence-corrected chi connectivity index (χ3v) is 5.91. The SMILES string of the molecule is COCCN1CCOCC2(CCCN(C(=O)c3cc(C4CC4)[nH]n3)C2)C1. The van der Waals surface area contributed by atoms with Gasteiger partial charge in [-0.05, 0) is 31.7 Å². The summed E-state index contributed by atoms with van der Waals surface area (Å²) in [7, 11) is 1.74. The average Bonchev–Trinajstić information content (AvgIpc) is 3.42. The van der Waals surface area contributed by atoms with Crippen molar-refractivity contribution in [2.45, 2.75) is 31.6 Å². The van der Waals surface area contributed by atoms with Crippen LogP contribution < -0.4 is 0 Å². The van der Waals surface area contributed by atoms with E-state index in [9.17, 15) is 4.79 Å². The van der Waals surface area contributed by atoms with Gasteiger partial charge in [-0.2, -0.15) is 5.10 Å². The average molecular weight is 362 g/mol. The maximum atomic E-state index is 13.0. The number of amides is 1. The smallest absolute Gasteiger partial charge is 0.274 e. The molecule has 1 N–H and O–H groups in total. The fourth-order valence-corrected chi connectivity index (χ4v) is 4.33. The Morgan fingerprint density at radius 1 is 1.42 bits per heavy atom. The Labute approximate surface area is 155 Å². The molecule has 0 aromatic carbocycles. The molecule has 7 heteroatoms. The number of methoxy groups -OCH3 is 1. The number of carbonyl (C=O) groups excluding carboxylic acids is 1. The van der Waals surface area contributed by atoms with Crippen LogP contribution in [-0.4, -0.2) is 85.6 Å². The van der Waals surface area contributed by atoms with Crippen LogP contribution in [0.3, 0.4) is 0 Å². The number of likely N-dealkylation sites (tertiary alicyclic amines) is 1. The highest BCUT2D eigenvalue weighted by molar-refractivity contribution is 5.92. The van der Waals surface area contributed by atoms with Crippen molar-refractivity contribution in [1.29, 1.82) is 0 Å². The van der Waals surface area contributed by atoms with Gasteiger partial charge in [0.25, 0.3) is 5.91 Å². The fourth-order valence-electron chi connectivity index (χ4n) is 4.33. The minimum atomic E-state index is 0.0216. The molecule has 0 bridgehead atoms. The Balaban J connectivity index is 1.43. The molecule has 1 amide bonds. The van der Waals surface area contributed by atoms with Crippen LogP contribution in [0.2, 0.25) is 0 Å². The first-order chi connectivity index (χ1) is 12.7. The van der Waals surface area contributed by atoms with Crippen LogP contribution in [0.5, 0.6) is 0 Å². The Bertz CT molecular complexity index is 630. The number of H-pyrrole nitrogens is 1. The molecule has 1 unspecified atom stereocenters. The van der Waals surface area contributed by atoms with Crippen molar-refractivity contribution in [3.63, 3.8) is 0 Å². The standard InChI is InChI=1S/C19H30N4O3/c1-25-9-7-22-8-10-26-14-19(12-22)5-2-6-23(13-19)18(24)17-11-16(20-21-17)15-3-4-15/h11,15H,2-10,12-14H2,1H3,(H,20,21). The number of nitrogens with zero attached hydrogens (tertiary/aromatic N) is 3. The second kappa shape index (κ2) is 7.66. The van der Waals surface area contributed by atoms with Crippen LogP contribution in [0.1, 0.15) is 47.8 Å². The Morgan fingerprint density at radius 3 is 3.12 bits per heavy atom. The summed E-state index contributed by atoms with van der Waals surface area (Å²) in [5, 5.41) is 7.34. The van der Waals surface area contributed by atoms with E-state index in [4.69, 9.17) is 9.47 Å². The monoisotopic (exact) mass is 362 g/mol. The number of rotatable bonds is 5. The van der Waals surface area contributed by atoms with E-state index in [1.54, 1.807) is 7.11 Å². The van der Waals surface area contributed by atoms with Crippen molar-refractivity contribution in [2.75, 3.05) is 59.7 Å². The van der Waals surface area contributed by atoms with Crippen molar-refractivity contribution in [3.05, 3.63) is 17.5 Å². The lowest BCUT2D eigenvalue weighted by atomic mass is 9.80. The normalized spacial score (nSPS) is 27.7. The van der Waals surface area contributed by atoms with E-state index in [1.807, 2.05) is 11.0 Å². The number of piperidine rings is 1. The number of hydrogen-bond acceptors (Lipinski definition) is 5. The predicted molar refractivity (Wildman–Crippen MR) is 97.3 cm³/mol. The third kappa shape index (κ3) is 3.94. The summed E-state index contributed by atoms with van der Waals surface area (Å²) < 4.78 is 11.2. The Morgan fingerprint density at radius 2 is 2.31 bits per heavy atom. The molecule has 144 valence electrons. The van der Waals surface area contributed by atoms with Crippen molar-refractivity contribution in [3.8, 4) is 0 Å². The summed E-state index contributed by atoms with van der Waals surface area (Å²) in [6, 6.07) is 1.95. The Hall–Kier alpha value is -1.44. The van der Waals surface area contributed by atoms with Crippen molar-refractivity contribution < 1.29 is 14.3 Å². The molecular formula is C19H30N4O3. The second-order valence-corrected chi connectivity index (χ2v) is 8.13. The van der Waals surface area contributed by atoms with Crippen LogP contribution in [0.25, 0.3) is 0 Å². The van der Waals surface area contributed by atoms with Gasteiger partial charge in [-0.15, -0.1) is 0 Å². The molecule has 4 rings (SSSR count). The van der Waals surface area contributed by atoms with Gasteiger partial charge in [0, 0.05) is 56.9 Å². The van der Waals surface area contributed by atoms with E-state index in [2.05, 4.69) is 15.1 Å². The molecule has 1 saturated carbocycles. The molecule has 2 saturated heterocycles. The van der Waals surface area contributed by atoms with Gasteiger partial charge < -0.3 is 14.4 Å². The second-order valence-electron chi connectivity index (χ2n) is 8.13. The maximum Gasteiger partial charge on any atom is 0.274 e. The zero-order valence-electron chi connectivity index (χ0n) is 15.7. The summed E-state index contributed by atoms with van der Waals surface area (Å²) in [6.07, 6.45) is 4.54. The topological polar surface area (TPSA) is 70.7 Å². The number of aromatic amines is 1. The van der Waals surface area contributed by atoms with Gasteiger partial charge in [0.2, 0.25) is 0 Å². The number of carbonyl (C=O) groups is 1. The van der Waals surface area contributed by atoms with Crippen LogP contribution in [0.4, 0.5) is 0 Å². The molecule has 3 fully saturated rings. The molecule has 3 aliphatic rings. The molecule has 1 atom stereocenters. The van der Waals surface area contributed by atoms with Crippen molar-refractivity contribution >= 4 is 5.91 Å². The zero-order valence-corrected chi connectivity index (χ0v) is 15.7. The van der Waals surface area contributed by atoms with Crippen LogP contribution in [0, 0.1) is 5.41 Å². The minimum Gasteiger partial charge on any atom is -0.383 e. The predicted octanol–water partition coefficient (Wildman–Crippen LogP) is 1.49. The first kappa shape index (κ1) is 17.9. The van der Waals surface area contributed by atoms with Crippen molar-refractivity contribution in [1.82, 2.24) is 20.0 Å². The van der Waals surface area contributed by atoms with E-state index in [0.717, 1.165) is 71.1 Å². The first-order valence-electron chi connectivity index (χ1n) is 9.83. The van der Waals surface area contributed by atoms with Gasteiger partial charge in [-0.1, -0.05) is 0 Å². The van der Waals surface area contributed by atoms with Gasteiger partial charge in [-0.3, -0.25) is 14.8 Å². The lowest BCUT2D eigenvalue weighted by Gasteiger charge is -2.43. The van der Waals surface area contributed by atoms with E-state index >= 15 is 0 Å². The van der Waals surface area contributed by atoms with Crippen LogP contribution in [-0.2, 0) is 9.47 Å². The molecule has 1 aromatic rings. The lowest BCUT2D eigenvalue weighted by Crippen LogP contribution is -2.52. The van der Waals surface area contributed by atoms with Crippen molar-refractivity contribution in [2.24, 2.45) is 5.41 Å². The quantitative estimate of drug-likeness (QED) is 0.859. The molecule has 2 aliphatic heterocycles. The zero-order chi connectivity index (χ0) is 18.0. The summed E-state index contributed by atoms with van der Waals surface area (Å²) in [6.45, 7) is 6.59. The van der Waals surface area contributed by atoms with E-state index in [0.29, 0.717) is 11.6 Å². The molecule has 1 aliphatic carbocycles. The van der Waals surface area contributed by atoms with E-state index in [-0.39, 0.29) is 11.3 Å². The molecule has 1 spiro atoms. The molecule has 3 heterocycles. The largest absolute Gasteiger partial charge is 0.383 e. The summed E-state index contributed by atoms with van der Waals surface area (Å²) in [4.78, 5) is 17.4. The highest BCUT2D eigenvalue weighted by atomic mass is 16.5. The molecule has 7 nitrogen and oxygen atoms in total. The van der Waals surface area contributed by atoms with Gasteiger partial charge in [0.05, 0.1) is 19.8 Å². The number of ether oxygens (including phenoxy) is 2. The highest BCUT2D eigenvalue weighted by Gasteiger charge is 2.40. The van der Waals surface area contributed by atoms with E-state index in [1.165, 1.54) is 12.8 Å². The summed E-state index contributed by atoms with van der Waals surface area (Å²) >= 11 is 0. The first-order valence-corrected chi connectivity index (χ1v) is 9.83. The van der Waals surface area contributed by atoms with Gasteiger partial charge >= 0.3 is 0 Å². The van der Waals surface area contributed by atoms with Crippen LogP contribution >= 0.6 is 0 Å². The number of hydrogen-bond donors (Lipinski definition) is 1. The molecular weight excluding hydrogens is 332 g/mol. The highest BCUT2D eigenvalue weighted by Crippen LogP contribution is 2.39. The molecule has 0 radical (unpaired) electrons. The van der Waals surface area contributed by atoms with E-state index < -0.39 is 0 Å². The van der Waals surface area contributed by atoms with Gasteiger partial charge in [0.15, 0.2) is 0 Å².